The Labute approximate surface area is 108 Å². The van der Waals surface area contributed by atoms with Gasteiger partial charge in [-0.3, -0.25) is 9.59 Å². The number of methoxy groups -OCH3 is 1. The Balaban J connectivity index is 2.38. The van der Waals surface area contributed by atoms with Gasteiger partial charge in [0.05, 0.1) is 23.9 Å². The zero-order valence-electron chi connectivity index (χ0n) is 9.57. The summed E-state index contributed by atoms with van der Waals surface area (Å²) in [4.78, 5) is 25.1. The molecule has 1 heterocycles. The molecule has 1 aliphatic rings. The summed E-state index contributed by atoms with van der Waals surface area (Å²) in [6.45, 7) is 2.24. The number of benzene rings is 1. The number of anilines is 1. The van der Waals surface area contributed by atoms with Gasteiger partial charge in [-0.1, -0.05) is 15.9 Å². The van der Waals surface area contributed by atoms with Crippen LogP contribution in [0.5, 0.6) is 0 Å². The summed E-state index contributed by atoms with van der Waals surface area (Å²) in [7, 11) is 1.58. The number of carbonyl (C=O) groups excluding carboxylic acids is 2. The van der Waals surface area contributed by atoms with E-state index in [-0.39, 0.29) is 6.10 Å². The molecule has 0 aliphatic carbocycles. The number of ketones is 1. The van der Waals surface area contributed by atoms with E-state index < -0.39 is 11.7 Å². The van der Waals surface area contributed by atoms with Crippen LogP contribution in [0, 0.1) is 0 Å². The van der Waals surface area contributed by atoms with Gasteiger partial charge in [-0.15, -0.1) is 0 Å². The average Bonchev–Trinajstić information content (AvgIpc) is 2.54. The van der Waals surface area contributed by atoms with Crippen LogP contribution in [0.3, 0.4) is 0 Å². The Bertz CT molecular complexity index is 487. The van der Waals surface area contributed by atoms with Crippen molar-refractivity contribution >= 4 is 33.3 Å². The van der Waals surface area contributed by atoms with Crippen molar-refractivity contribution in [2.45, 2.75) is 13.0 Å². The first-order valence-electron chi connectivity index (χ1n) is 5.23. The number of hydrogen-bond acceptors (Lipinski definition) is 3. The summed E-state index contributed by atoms with van der Waals surface area (Å²) in [5, 5.41) is 0. The fraction of sp³-hybridized carbons (Fsp3) is 0.333. The zero-order valence-corrected chi connectivity index (χ0v) is 11.2. The summed E-state index contributed by atoms with van der Waals surface area (Å²) in [5.74, 6) is -0.938. The molecule has 2 rings (SSSR count). The van der Waals surface area contributed by atoms with E-state index in [1.165, 1.54) is 4.90 Å². The van der Waals surface area contributed by atoms with Crippen LogP contribution in [0.15, 0.2) is 22.7 Å². The van der Waals surface area contributed by atoms with Crippen LogP contribution in [-0.4, -0.2) is 31.4 Å². The van der Waals surface area contributed by atoms with Crippen molar-refractivity contribution < 1.29 is 14.3 Å². The third-order valence-corrected chi connectivity index (χ3v) is 3.27. The molecule has 0 aromatic heterocycles. The van der Waals surface area contributed by atoms with Crippen molar-refractivity contribution in [3.63, 3.8) is 0 Å². The topological polar surface area (TPSA) is 46.6 Å². The molecule has 1 aliphatic heterocycles. The van der Waals surface area contributed by atoms with Gasteiger partial charge in [0.1, 0.15) is 0 Å². The Morgan fingerprint density at radius 3 is 2.76 bits per heavy atom. The molecule has 0 fully saturated rings. The van der Waals surface area contributed by atoms with Gasteiger partial charge in [0.25, 0.3) is 11.7 Å². The molecule has 5 heteroatoms. The first kappa shape index (κ1) is 12.3. The Morgan fingerprint density at radius 2 is 2.12 bits per heavy atom. The average molecular weight is 298 g/mol. The molecule has 1 aromatic carbocycles. The van der Waals surface area contributed by atoms with Gasteiger partial charge in [0.2, 0.25) is 0 Å². The molecule has 90 valence electrons. The lowest BCUT2D eigenvalue weighted by Crippen LogP contribution is -2.36. The smallest absolute Gasteiger partial charge is 0.299 e. The van der Waals surface area contributed by atoms with Gasteiger partial charge in [-0.25, -0.2) is 0 Å². The maximum Gasteiger partial charge on any atom is 0.299 e. The van der Waals surface area contributed by atoms with Crippen LogP contribution in [-0.2, 0) is 9.53 Å². The van der Waals surface area contributed by atoms with Crippen LogP contribution in [0.2, 0.25) is 0 Å². The van der Waals surface area contributed by atoms with Crippen molar-refractivity contribution in [2.75, 3.05) is 18.6 Å². The van der Waals surface area contributed by atoms with E-state index in [2.05, 4.69) is 15.9 Å². The predicted molar refractivity (Wildman–Crippen MR) is 67.3 cm³/mol. The zero-order chi connectivity index (χ0) is 12.6. The molecule has 0 N–H and O–H groups in total. The molecule has 1 amide bonds. The van der Waals surface area contributed by atoms with Crippen molar-refractivity contribution in [2.24, 2.45) is 0 Å². The quantitative estimate of drug-likeness (QED) is 0.802. The monoisotopic (exact) mass is 297 g/mol. The maximum absolute atomic E-state index is 11.8. The second-order valence-electron chi connectivity index (χ2n) is 3.95. The van der Waals surface area contributed by atoms with Crippen LogP contribution in [0.25, 0.3) is 0 Å². The second-order valence-corrected chi connectivity index (χ2v) is 4.87. The van der Waals surface area contributed by atoms with E-state index in [1.807, 2.05) is 13.0 Å². The summed E-state index contributed by atoms with van der Waals surface area (Å²) < 4.78 is 5.91. The number of hydrogen-bond donors (Lipinski definition) is 0. The van der Waals surface area contributed by atoms with Crippen molar-refractivity contribution in [3.8, 4) is 0 Å². The van der Waals surface area contributed by atoms with Crippen molar-refractivity contribution in [1.29, 1.82) is 0 Å². The van der Waals surface area contributed by atoms with E-state index in [0.29, 0.717) is 17.8 Å². The number of carbonyl (C=O) groups is 2. The first-order chi connectivity index (χ1) is 8.04. The highest BCUT2D eigenvalue weighted by Gasteiger charge is 2.36. The third-order valence-electron chi connectivity index (χ3n) is 2.78. The molecule has 17 heavy (non-hydrogen) atoms. The Hall–Kier alpha value is -1.20. The first-order valence-corrected chi connectivity index (χ1v) is 6.02. The van der Waals surface area contributed by atoms with E-state index in [0.717, 1.165) is 4.47 Å². The van der Waals surface area contributed by atoms with Crippen LogP contribution >= 0.6 is 15.9 Å². The lowest BCUT2D eigenvalue weighted by Gasteiger charge is -2.20. The molecule has 4 nitrogen and oxygen atoms in total. The number of Topliss-reactive ketones (excluding diaryl/α,β-unsaturated/α-hetero) is 1. The lowest BCUT2D eigenvalue weighted by molar-refractivity contribution is -0.114. The van der Waals surface area contributed by atoms with E-state index >= 15 is 0 Å². The standard InChI is InChI=1S/C12H12BrNO3/c1-7(17-2)6-14-10-4-3-8(13)5-9(10)11(15)12(14)16/h3-5,7H,6H2,1-2H3. The van der Waals surface area contributed by atoms with Gasteiger partial charge >= 0.3 is 0 Å². The lowest BCUT2D eigenvalue weighted by atomic mass is 10.1. The van der Waals surface area contributed by atoms with Gasteiger partial charge in [-0.2, -0.15) is 0 Å². The fourth-order valence-electron chi connectivity index (χ4n) is 1.79. The predicted octanol–water partition coefficient (Wildman–Crippen LogP) is 2.01. The number of fused-ring (bicyclic) bond motifs is 1. The molecule has 0 saturated heterocycles. The third kappa shape index (κ3) is 2.12. The minimum atomic E-state index is -0.484. The minimum Gasteiger partial charge on any atom is -0.380 e. The Kier molecular flexibility index (Phi) is 3.31. The van der Waals surface area contributed by atoms with Gasteiger partial charge in [-0.05, 0) is 25.1 Å². The molecule has 0 saturated carbocycles. The van der Waals surface area contributed by atoms with Crippen LogP contribution in [0.4, 0.5) is 5.69 Å². The molecule has 1 unspecified atom stereocenters. The Morgan fingerprint density at radius 1 is 1.41 bits per heavy atom. The molecule has 0 spiro atoms. The van der Waals surface area contributed by atoms with Gasteiger partial charge < -0.3 is 9.64 Å². The van der Waals surface area contributed by atoms with Crippen molar-refractivity contribution in [3.05, 3.63) is 28.2 Å². The highest BCUT2D eigenvalue weighted by molar-refractivity contribution is 9.10. The normalized spacial score (nSPS) is 16.3. The minimum absolute atomic E-state index is 0.110. The summed E-state index contributed by atoms with van der Waals surface area (Å²) in [6, 6.07) is 5.26. The molecule has 1 atom stereocenters. The molecule has 0 bridgehead atoms. The number of rotatable bonds is 3. The van der Waals surface area contributed by atoms with Crippen LogP contribution in [0.1, 0.15) is 17.3 Å². The summed E-state index contributed by atoms with van der Waals surface area (Å²) >= 11 is 3.29. The maximum atomic E-state index is 11.8. The molecule has 1 aromatic rings. The van der Waals surface area contributed by atoms with E-state index in [1.54, 1.807) is 19.2 Å². The fourth-order valence-corrected chi connectivity index (χ4v) is 2.15. The number of nitrogens with zero attached hydrogens (tertiary/aromatic N) is 1. The van der Waals surface area contributed by atoms with Gasteiger partial charge in [0, 0.05) is 11.6 Å². The number of ether oxygens (including phenoxy) is 1. The van der Waals surface area contributed by atoms with E-state index in [4.69, 9.17) is 4.74 Å². The van der Waals surface area contributed by atoms with Crippen molar-refractivity contribution in [1.82, 2.24) is 0 Å². The molecular formula is C12H12BrNO3. The summed E-state index contributed by atoms with van der Waals surface area (Å²) in [6.07, 6.45) is -0.110. The van der Waals surface area contributed by atoms with Crippen LogP contribution < -0.4 is 4.90 Å². The highest BCUT2D eigenvalue weighted by Crippen LogP contribution is 2.31. The number of halogens is 1. The van der Waals surface area contributed by atoms with E-state index in [9.17, 15) is 9.59 Å². The summed E-state index contributed by atoms with van der Waals surface area (Å²) in [5.41, 5.74) is 1.11. The number of amides is 1. The molecular weight excluding hydrogens is 286 g/mol. The molecule has 0 radical (unpaired) electrons. The largest absolute Gasteiger partial charge is 0.380 e. The second kappa shape index (κ2) is 4.58. The highest BCUT2D eigenvalue weighted by atomic mass is 79.9. The SMILES string of the molecule is COC(C)CN1C(=O)C(=O)c2cc(Br)ccc21. The van der Waals surface area contributed by atoms with Gasteiger partial charge in [0.15, 0.2) is 0 Å².